The number of benzene rings is 1. The van der Waals surface area contributed by atoms with E-state index in [4.69, 9.17) is 21.4 Å². The Morgan fingerprint density at radius 2 is 1.96 bits per heavy atom. The first-order chi connectivity index (χ1) is 11.1. The monoisotopic (exact) mass is 332 g/mol. The second-order valence-corrected chi connectivity index (χ2v) is 5.08. The predicted molar refractivity (Wildman–Crippen MR) is 88.7 cm³/mol. The van der Waals surface area contributed by atoms with Gasteiger partial charge < -0.3 is 18.9 Å². The SMILES string of the molecule is COC(=O)c1ccc(-c2cn(-c3ccc(OC)cc3)c(=S)[nH]2)o1.[HH]. The van der Waals surface area contributed by atoms with Crippen LogP contribution in [-0.4, -0.2) is 29.7 Å². The Morgan fingerprint density at radius 3 is 2.61 bits per heavy atom. The number of hydrogen-bond acceptors (Lipinski definition) is 5. The summed E-state index contributed by atoms with van der Waals surface area (Å²) < 4.78 is 17.6. The van der Waals surface area contributed by atoms with E-state index in [1.807, 2.05) is 35.0 Å². The van der Waals surface area contributed by atoms with Gasteiger partial charge in [-0.1, -0.05) is 0 Å². The fourth-order valence-electron chi connectivity index (χ4n) is 2.15. The molecule has 7 heteroatoms. The number of carbonyl (C=O) groups excluding carboxylic acids is 1. The molecule has 3 aromatic rings. The molecule has 0 aliphatic rings. The number of esters is 1. The fraction of sp³-hybridized carbons (Fsp3) is 0.125. The lowest BCUT2D eigenvalue weighted by Crippen LogP contribution is -1.98. The van der Waals surface area contributed by atoms with E-state index in [1.54, 1.807) is 19.2 Å². The molecular weight excluding hydrogens is 316 g/mol. The molecule has 1 aromatic carbocycles. The molecule has 2 aromatic heterocycles. The minimum atomic E-state index is -0.524. The summed E-state index contributed by atoms with van der Waals surface area (Å²) in [5, 5.41) is 0. The van der Waals surface area contributed by atoms with E-state index >= 15 is 0 Å². The highest BCUT2D eigenvalue weighted by Gasteiger charge is 2.14. The van der Waals surface area contributed by atoms with Gasteiger partial charge in [0.1, 0.15) is 11.4 Å². The lowest BCUT2D eigenvalue weighted by atomic mass is 10.3. The van der Waals surface area contributed by atoms with Crippen LogP contribution in [0.3, 0.4) is 0 Å². The molecule has 0 bridgehead atoms. The maximum absolute atomic E-state index is 11.4. The molecule has 0 aliphatic carbocycles. The highest BCUT2D eigenvalue weighted by atomic mass is 32.1. The van der Waals surface area contributed by atoms with Gasteiger partial charge in [-0.25, -0.2) is 4.79 Å². The van der Waals surface area contributed by atoms with Gasteiger partial charge >= 0.3 is 5.97 Å². The first-order valence-corrected chi connectivity index (χ1v) is 7.18. The Kier molecular flexibility index (Phi) is 4.03. The van der Waals surface area contributed by atoms with Crippen molar-refractivity contribution in [2.75, 3.05) is 14.2 Å². The lowest BCUT2D eigenvalue weighted by Gasteiger charge is -2.03. The third kappa shape index (κ3) is 2.91. The number of carbonyl (C=O) groups is 1. The van der Waals surface area contributed by atoms with E-state index < -0.39 is 5.97 Å². The van der Waals surface area contributed by atoms with E-state index in [0.717, 1.165) is 11.4 Å². The molecule has 0 fully saturated rings. The number of nitrogens with zero attached hydrogens (tertiary/aromatic N) is 1. The third-order valence-electron chi connectivity index (χ3n) is 3.33. The van der Waals surface area contributed by atoms with Gasteiger partial charge in [-0.3, -0.25) is 4.57 Å². The zero-order valence-corrected chi connectivity index (χ0v) is 13.3. The highest BCUT2D eigenvalue weighted by Crippen LogP contribution is 2.23. The standard InChI is InChI=1S/C16H14N2O4S.H2/c1-20-11-5-3-10(4-6-11)18-9-12(17-16(18)23)13-7-8-14(22-13)15(19)21-2;/h3-9H,1-2H3,(H,17,23);1H. The molecule has 0 unspecified atom stereocenters. The molecule has 23 heavy (non-hydrogen) atoms. The molecule has 0 saturated heterocycles. The highest BCUT2D eigenvalue weighted by molar-refractivity contribution is 7.71. The number of ether oxygens (including phenoxy) is 2. The summed E-state index contributed by atoms with van der Waals surface area (Å²) in [4.78, 5) is 14.5. The molecule has 0 radical (unpaired) electrons. The molecule has 0 saturated carbocycles. The predicted octanol–water partition coefficient (Wildman–Crippen LogP) is 3.84. The van der Waals surface area contributed by atoms with Crippen LogP contribution >= 0.6 is 12.2 Å². The van der Waals surface area contributed by atoms with Crippen molar-refractivity contribution >= 4 is 18.2 Å². The van der Waals surface area contributed by atoms with Crippen LogP contribution < -0.4 is 4.74 Å². The first-order valence-electron chi connectivity index (χ1n) is 6.77. The number of nitrogens with one attached hydrogen (secondary N) is 1. The minimum absolute atomic E-state index is 0. The van der Waals surface area contributed by atoms with Gasteiger partial charge in [-0.15, -0.1) is 0 Å². The molecule has 120 valence electrons. The number of H-pyrrole nitrogens is 1. The van der Waals surface area contributed by atoms with Crippen LogP contribution in [0.15, 0.2) is 47.0 Å². The largest absolute Gasteiger partial charge is 0.497 e. The summed E-state index contributed by atoms with van der Waals surface area (Å²) >= 11 is 5.34. The van der Waals surface area contributed by atoms with Crippen molar-refractivity contribution in [1.29, 1.82) is 0 Å². The summed E-state index contributed by atoms with van der Waals surface area (Å²) in [6.07, 6.45) is 1.81. The van der Waals surface area contributed by atoms with Crippen LogP contribution in [0.4, 0.5) is 0 Å². The molecule has 0 atom stereocenters. The summed E-state index contributed by atoms with van der Waals surface area (Å²) in [5.74, 6) is 0.886. The van der Waals surface area contributed by atoms with Gasteiger partial charge in [0.15, 0.2) is 10.5 Å². The van der Waals surface area contributed by atoms with Crippen molar-refractivity contribution < 1.29 is 20.1 Å². The number of hydrogen-bond donors (Lipinski definition) is 1. The zero-order valence-electron chi connectivity index (χ0n) is 12.5. The van der Waals surface area contributed by atoms with E-state index in [9.17, 15) is 4.79 Å². The Hall–Kier alpha value is -2.80. The molecule has 0 spiro atoms. The van der Waals surface area contributed by atoms with Crippen molar-refractivity contribution in [2.45, 2.75) is 0 Å². The Bertz CT molecular complexity index is 895. The minimum Gasteiger partial charge on any atom is -0.497 e. The lowest BCUT2D eigenvalue weighted by molar-refractivity contribution is 0.0566. The van der Waals surface area contributed by atoms with E-state index in [2.05, 4.69) is 9.72 Å². The van der Waals surface area contributed by atoms with Gasteiger partial charge in [0.05, 0.1) is 14.2 Å². The van der Waals surface area contributed by atoms with E-state index in [-0.39, 0.29) is 7.19 Å². The average molecular weight is 332 g/mol. The second kappa shape index (κ2) is 6.13. The van der Waals surface area contributed by atoms with Gasteiger partial charge in [-0.2, -0.15) is 0 Å². The molecule has 3 rings (SSSR count). The number of methoxy groups -OCH3 is 2. The van der Waals surface area contributed by atoms with Crippen molar-refractivity contribution in [2.24, 2.45) is 0 Å². The number of furan rings is 1. The Labute approximate surface area is 138 Å². The molecule has 6 nitrogen and oxygen atoms in total. The topological polar surface area (TPSA) is 69.4 Å². The number of aromatic nitrogens is 2. The maximum Gasteiger partial charge on any atom is 0.373 e. The van der Waals surface area contributed by atoms with Gasteiger partial charge in [0.25, 0.3) is 0 Å². The van der Waals surface area contributed by atoms with Crippen molar-refractivity contribution in [1.82, 2.24) is 9.55 Å². The average Bonchev–Trinajstić information content (AvgIpc) is 3.21. The Balaban J connectivity index is 0.00000208. The van der Waals surface area contributed by atoms with Crippen LogP contribution in [-0.2, 0) is 4.74 Å². The normalized spacial score (nSPS) is 10.5. The van der Waals surface area contributed by atoms with Crippen LogP contribution in [0.2, 0.25) is 0 Å². The second-order valence-electron chi connectivity index (χ2n) is 4.70. The summed E-state index contributed by atoms with van der Waals surface area (Å²) in [7, 11) is 2.92. The maximum atomic E-state index is 11.4. The molecule has 2 heterocycles. The quantitative estimate of drug-likeness (QED) is 0.581. The molecule has 0 amide bonds. The third-order valence-corrected chi connectivity index (χ3v) is 3.63. The molecule has 0 aliphatic heterocycles. The van der Waals surface area contributed by atoms with Gasteiger partial charge in [0, 0.05) is 13.3 Å². The number of imidazole rings is 1. The first kappa shape index (κ1) is 15.1. The molecule has 1 N–H and O–H groups in total. The van der Waals surface area contributed by atoms with E-state index in [1.165, 1.54) is 7.11 Å². The Morgan fingerprint density at radius 1 is 1.22 bits per heavy atom. The summed E-state index contributed by atoms with van der Waals surface area (Å²) in [6.45, 7) is 0. The fourth-order valence-corrected chi connectivity index (χ4v) is 2.42. The van der Waals surface area contributed by atoms with Crippen LogP contribution in [0, 0.1) is 4.77 Å². The van der Waals surface area contributed by atoms with Crippen molar-refractivity contribution in [3.63, 3.8) is 0 Å². The van der Waals surface area contributed by atoms with Crippen molar-refractivity contribution in [3.05, 3.63) is 53.1 Å². The van der Waals surface area contributed by atoms with Crippen LogP contribution in [0.1, 0.15) is 12.0 Å². The smallest absolute Gasteiger partial charge is 0.373 e. The summed E-state index contributed by atoms with van der Waals surface area (Å²) in [5.41, 5.74) is 1.55. The van der Waals surface area contributed by atoms with Gasteiger partial charge in [-0.05, 0) is 48.6 Å². The van der Waals surface area contributed by atoms with E-state index in [0.29, 0.717) is 16.2 Å². The van der Waals surface area contributed by atoms with Crippen LogP contribution in [0.5, 0.6) is 5.75 Å². The van der Waals surface area contributed by atoms with Gasteiger partial charge in [0.2, 0.25) is 5.76 Å². The zero-order chi connectivity index (χ0) is 16.4. The summed E-state index contributed by atoms with van der Waals surface area (Å²) in [6, 6.07) is 10.7. The molecular formula is C16H16N2O4S. The van der Waals surface area contributed by atoms with Crippen molar-refractivity contribution in [3.8, 4) is 22.9 Å². The number of aromatic amines is 1. The number of rotatable bonds is 4. The van der Waals surface area contributed by atoms with Crippen LogP contribution in [0.25, 0.3) is 17.1 Å².